The van der Waals surface area contributed by atoms with Crippen LogP contribution in [0.3, 0.4) is 0 Å². The number of nitrogens with zero attached hydrogens (tertiary/aromatic N) is 1. The van der Waals surface area contributed by atoms with Crippen LogP contribution in [-0.2, 0) is 0 Å². The Bertz CT molecular complexity index is 212. The highest BCUT2D eigenvalue weighted by Crippen LogP contribution is 2.15. The van der Waals surface area contributed by atoms with E-state index in [0.29, 0.717) is 12.6 Å². The minimum Gasteiger partial charge on any atom is -0.396 e. The summed E-state index contributed by atoms with van der Waals surface area (Å²) in [6.07, 6.45) is 20.6. The van der Waals surface area contributed by atoms with E-state index in [4.69, 9.17) is 5.11 Å². The summed E-state index contributed by atoms with van der Waals surface area (Å²) in [7, 11) is 4.26. The topological polar surface area (TPSA) is 23.5 Å². The SMILES string of the molecule is CCCCCCCCCCCCCCCC(CCO)N(C)C.Cl. The van der Waals surface area contributed by atoms with E-state index in [2.05, 4.69) is 25.9 Å². The van der Waals surface area contributed by atoms with E-state index in [-0.39, 0.29) is 12.4 Å². The second kappa shape index (κ2) is 20.3. The Morgan fingerprint density at radius 3 is 1.39 bits per heavy atom. The van der Waals surface area contributed by atoms with Crippen molar-refractivity contribution in [3.05, 3.63) is 0 Å². The third-order valence-electron chi connectivity index (χ3n) is 4.83. The number of aliphatic hydroxyl groups excluding tert-OH is 1. The zero-order valence-electron chi connectivity index (χ0n) is 16.2. The molecule has 0 aromatic carbocycles. The summed E-state index contributed by atoms with van der Waals surface area (Å²) >= 11 is 0. The van der Waals surface area contributed by atoms with E-state index in [0.717, 1.165) is 6.42 Å². The van der Waals surface area contributed by atoms with Crippen molar-refractivity contribution in [1.82, 2.24) is 4.90 Å². The van der Waals surface area contributed by atoms with Crippen molar-refractivity contribution < 1.29 is 5.11 Å². The molecular weight excluding hydrogens is 306 g/mol. The molecule has 0 fully saturated rings. The first-order valence-electron chi connectivity index (χ1n) is 9.99. The van der Waals surface area contributed by atoms with Crippen molar-refractivity contribution in [2.75, 3.05) is 20.7 Å². The summed E-state index contributed by atoms with van der Waals surface area (Å²) in [6, 6.07) is 0.567. The van der Waals surface area contributed by atoms with Crippen LogP contribution in [0.1, 0.15) is 103 Å². The molecule has 0 saturated carbocycles. The van der Waals surface area contributed by atoms with Gasteiger partial charge in [-0.15, -0.1) is 12.4 Å². The van der Waals surface area contributed by atoms with Gasteiger partial charge in [0.25, 0.3) is 0 Å². The first-order chi connectivity index (χ1) is 10.7. The average Bonchev–Trinajstić information content (AvgIpc) is 2.50. The van der Waals surface area contributed by atoms with Gasteiger partial charge in [0.2, 0.25) is 0 Å². The van der Waals surface area contributed by atoms with E-state index in [9.17, 15) is 0 Å². The average molecular weight is 350 g/mol. The quantitative estimate of drug-likeness (QED) is 0.316. The van der Waals surface area contributed by atoms with Crippen molar-refractivity contribution in [2.24, 2.45) is 0 Å². The van der Waals surface area contributed by atoms with E-state index in [1.807, 2.05) is 0 Å². The smallest absolute Gasteiger partial charge is 0.0445 e. The van der Waals surface area contributed by atoms with Crippen molar-refractivity contribution in [3.63, 3.8) is 0 Å². The van der Waals surface area contributed by atoms with Gasteiger partial charge >= 0.3 is 0 Å². The van der Waals surface area contributed by atoms with Gasteiger partial charge in [-0.25, -0.2) is 0 Å². The summed E-state index contributed by atoms with van der Waals surface area (Å²) in [5, 5.41) is 9.06. The summed E-state index contributed by atoms with van der Waals surface area (Å²) < 4.78 is 0. The number of halogens is 1. The van der Waals surface area contributed by atoms with Crippen LogP contribution in [0.4, 0.5) is 0 Å². The van der Waals surface area contributed by atoms with Crippen molar-refractivity contribution in [1.29, 1.82) is 0 Å². The molecule has 0 aromatic rings. The van der Waals surface area contributed by atoms with Gasteiger partial charge in [-0.2, -0.15) is 0 Å². The minimum absolute atomic E-state index is 0. The van der Waals surface area contributed by atoms with Gasteiger partial charge in [-0.05, 0) is 26.9 Å². The molecule has 0 aromatic heterocycles. The van der Waals surface area contributed by atoms with Gasteiger partial charge in [0.15, 0.2) is 0 Å². The Morgan fingerprint density at radius 1 is 0.652 bits per heavy atom. The molecule has 0 saturated heterocycles. The monoisotopic (exact) mass is 349 g/mol. The number of hydrogen-bond donors (Lipinski definition) is 1. The summed E-state index contributed by atoms with van der Waals surface area (Å²) in [5.74, 6) is 0. The molecule has 1 atom stereocenters. The molecule has 1 unspecified atom stereocenters. The predicted molar refractivity (Wildman–Crippen MR) is 107 cm³/mol. The maximum atomic E-state index is 9.06. The van der Waals surface area contributed by atoms with Crippen LogP contribution in [-0.4, -0.2) is 36.8 Å². The Morgan fingerprint density at radius 2 is 1.04 bits per heavy atom. The molecule has 0 rings (SSSR count). The second-order valence-electron chi connectivity index (χ2n) is 7.16. The van der Waals surface area contributed by atoms with Gasteiger partial charge in [-0.3, -0.25) is 0 Å². The van der Waals surface area contributed by atoms with Crippen LogP contribution in [0.5, 0.6) is 0 Å². The molecule has 142 valence electrons. The highest BCUT2D eigenvalue weighted by atomic mass is 35.5. The summed E-state index contributed by atoms with van der Waals surface area (Å²) in [5.41, 5.74) is 0. The van der Waals surface area contributed by atoms with Crippen LogP contribution in [0, 0.1) is 0 Å². The maximum absolute atomic E-state index is 9.06. The fourth-order valence-electron chi connectivity index (χ4n) is 3.21. The zero-order chi connectivity index (χ0) is 16.5. The molecule has 0 aliphatic carbocycles. The molecule has 3 heteroatoms. The number of hydrogen-bond acceptors (Lipinski definition) is 2. The molecule has 0 radical (unpaired) electrons. The van der Waals surface area contributed by atoms with Gasteiger partial charge in [0.1, 0.15) is 0 Å². The van der Waals surface area contributed by atoms with Gasteiger partial charge in [0, 0.05) is 12.6 Å². The fraction of sp³-hybridized carbons (Fsp3) is 1.00. The largest absolute Gasteiger partial charge is 0.396 e. The van der Waals surface area contributed by atoms with Gasteiger partial charge in [-0.1, -0.05) is 90.4 Å². The first-order valence-corrected chi connectivity index (χ1v) is 9.99. The molecule has 1 N–H and O–H groups in total. The Hall–Kier alpha value is 0.210. The van der Waals surface area contributed by atoms with Crippen LogP contribution < -0.4 is 0 Å². The standard InChI is InChI=1S/C20H43NO.ClH/c1-4-5-6-7-8-9-10-11-12-13-14-15-16-17-20(18-19-22)21(2)3;/h20,22H,4-19H2,1-3H3;1H. The van der Waals surface area contributed by atoms with Gasteiger partial charge in [0.05, 0.1) is 0 Å². The molecule has 0 bridgehead atoms. The fourth-order valence-corrected chi connectivity index (χ4v) is 3.21. The van der Waals surface area contributed by atoms with Gasteiger partial charge < -0.3 is 10.0 Å². The van der Waals surface area contributed by atoms with Crippen LogP contribution >= 0.6 is 12.4 Å². The molecule has 0 heterocycles. The van der Waals surface area contributed by atoms with E-state index < -0.39 is 0 Å². The highest BCUT2D eigenvalue weighted by molar-refractivity contribution is 5.85. The lowest BCUT2D eigenvalue weighted by atomic mass is 10.0. The Balaban J connectivity index is 0. The zero-order valence-corrected chi connectivity index (χ0v) is 17.0. The van der Waals surface area contributed by atoms with E-state index in [1.165, 1.54) is 89.9 Å². The minimum atomic E-state index is 0. The molecular formula is C20H44ClNO. The second-order valence-corrected chi connectivity index (χ2v) is 7.16. The van der Waals surface area contributed by atoms with Crippen molar-refractivity contribution >= 4 is 12.4 Å². The number of rotatable bonds is 17. The lowest BCUT2D eigenvalue weighted by Gasteiger charge is -2.23. The normalized spacial score (nSPS) is 12.4. The van der Waals surface area contributed by atoms with E-state index >= 15 is 0 Å². The molecule has 0 aliphatic rings. The molecule has 0 amide bonds. The summed E-state index contributed by atoms with van der Waals surface area (Å²) in [4.78, 5) is 2.26. The highest BCUT2D eigenvalue weighted by Gasteiger charge is 2.09. The van der Waals surface area contributed by atoms with Crippen LogP contribution in [0.2, 0.25) is 0 Å². The van der Waals surface area contributed by atoms with Crippen LogP contribution in [0.25, 0.3) is 0 Å². The third kappa shape index (κ3) is 18.4. The predicted octanol–water partition coefficient (Wildman–Crippen LogP) is 6.20. The number of aliphatic hydroxyl groups is 1. The summed E-state index contributed by atoms with van der Waals surface area (Å²) in [6.45, 7) is 2.61. The van der Waals surface area contributed by atoms with Crippen LogP contribution in [0.15, 0.2) is 0 Å². The third-order valence-corrected chi connectivity index (χ3v) is 4.83. The van der Waals surface area contributed by atoms with Crippen molar-refractivity contribution in [3.8, 4) is 0 Å². The molecule has 2 nitrogen and oxygen atoms in total. The lowest BCUT2D eigenvalue weighted by Crippen LogP contribution is -2.28. The van der Waals surface area contributed by atoms with Crippen molar-refractivity contribution in [2.45, 2.75) is 109 Å². The number of unbranched alkanes of at least 4 members (excludes halogenated alkanes) is 12. The lowest BCUT2D eigenvalue weighted by molar-refractivity contribution is 0.198. The van der Waals surface area contributed by atoms with E-state index in [1.54, 1.807) is 0 Å². The Labute approximate surface area is 152 Å². The Kier molecular flexibility index (Phi) is 22.4. The first kappa shape index (κ1) is 25.5. The molecule has 0 aliphatic heterocycles. The molecule has 23 heavy (non-hydrogen) atoms. The maximum Gasteiger partial charge on any atom is 0.0445 e. The molecule has 0 spiro atoms.